The summed E-state index contributed by atoms with van der Waals surface area (Å²) in [4.78, 5) is 8.62. The molecule has 0 aliphatic carbocycles. The summed E-state index contributed by atoms with van der Waals surface area (Å²) in [5, 5.41) is 3.95. The molecule has 0 spiro atoms. The monoisotopic (exact) mass is 362 g/mol. The highest BCUT2D eigenvalue weighted by Crippen LogP contribution is 2.21. The molecule has 0 N–H and O–H groups in total. The molecule has 5 nitrogen and oxygen atoms in total. The maximum absolute atomic E-state index is 12.9. The Morgan fingerprint density at radius 2 is 2.00 bits per heavy atom. The van der Waals surface area contributed by atoms with Crippen molar-refractivity contribution in [3.63, 3.8) is 0 Å². The van der Waals surface area contributed by atoms with Crippen LogP contribution in [0.15, 0.2) is 39.6 Å². The van der Waals surface area contributed by atoms with E-state index in [4.69, 9.17) is 4.52 Å². The van der Waals surface area contributed by atoms with Gasteiger partial charge in [-0.25, -0.2) is 9.37 Å². The molecule has 3 aromatic rings. The Kier molecular flexibility index (Phi) is 3.89. The van der Waals surface area contributed by atoms with Crippen LogP contribution in [0.5, 0.6) is 0 Å². The van der Waals surface area contributed by atoms with E-state index in [1.807, 2.05) is 26.2 Å². The van der Waals surface area contributed by atoms with Gasteiger partial charge >= 0.3 is 0 Å². The molecule has 2 aromatic heterocycles. The van der Waals surface area contributed by atoms with E-state index < -0.39 is 0 Å². The molecule has 3 rings (SSSR count). The molecule has 0 saturated carbocycles. The normalized spacial score (nSPS) is 11.9. The number of nitrogens with zero attached hydrogens (tertiary/aromatic N) is 4. The van der Waals surface area contributed by atoms with Gasteiger partial charge in [0.1, 0.15) is 10.4 Å². The van der Waals surface area contributed by atoms with Gasteiger partial charge in [-0.05, 0) is 46.6 Å². The predicted octanol–water partition coefficient (Wildman–Crippen LogP) is 3.93. The van der Waals surface area contributed by atoms with Crippen LogP contribution >= 0.6 is 15.9 Å². The van der Waals surface area contributed by atoms with Gasteiger partial charge in [-0.1, -0.05) is 17.3 Å². The smallest absolute Gasteiger partial charge is 0.253 e. The van der Waals surface area contributed by atoms with Crippen LogP contribution in [0, 0.1) is 5.82 Å². The molecule has 0 amide bonds. The molecule has 0 aliphatic rings. The lowest BCUT2D eigenvalue weighted by atomic mass is 10.1. The molecule has 0 aliphatic heterocycles. The number of halogens is 2. The third-order valence-electron chi connectivity index (χ3n) is 3.06. The van der Waals surface area contributed by atoms with Crippen LogP contribution in [0.2, 0.25) is 0 Å². The summed E-state index contributed by atoms with van der Waals surface area (Å²) < 4.78 is 20.7. The minimum atomic E-state index is -0.268. The highest BCUT2D eigenvalue weighted by molar-refractivity contribution is 9.10. The van der Waals surface area contributed by atoms with Crippen LogP contribution < -0.4 is 0 Å². The largest absolute Gasteiger partial charge is 0.334 e. The zero-order valence-electron chi connectivity index (χ0n) is 11.9. The second-order valence-electron chi connectivity index (χ2n) is 4.80. The zero-order valence-corrected chi connectivity index (χ0v) is 13.5. The average Bonchev–Trinajstić information content (AvgIpc) is 3.08. The lowest BCUT2D eigenvalue weighted by Gasteiger charge is -1.96. The van der Waals surface area contributed by atoms with Crippen LogP contribution in [-0.4, -0.2) is 19.7 Å². The van der Waals surface area contributed by atoms with Crippen LogP contribution in [0.3, 0.4) is 0 Å². The van der Waals surface area contributed by atoms with Crippen molar-refractivity contribution in [1.29, 1.82) is 0 Å². The topological polar surface area (TPSA) is 56.7 Å². The number of allylic oxidation sites excluding steroid dienone is 1. The van der Waals surface area contributed by atoms with E-state index in [1.165, 1.54) is 12.1 Å². The van der Waals surface area contributed by atoms with Crippen molar-refractivity contribution in [2.24, 2.45) is 7.05 Å². The summed E-state index contributed by atoms with van der Waals surface area (Å²) in [6, 6.07) is 6.19. The Labute approximate surface area is 134 Å². The van der Waals surface area contributed by atoms with Crippen LogP contribution in [0.4, 0.5) is 4.39 Å². The summed E-state index contributed by atoms with van der Waals surface area (Å²) >= 11 is 3.31. The molecular weight excluding hydrogens is 351 g/mol. The second-order valence-corrected chi connectivity index (χ2v) is 5.61. The molecule has 7 heteroatoms. The first-order valence-corrected chi connectivity index (χ1v) is 7.29. The molecule has 0 unspecified atom stereocenters. The van der Waals surface area contributed by atoms with Gasteiger partial charge in [-0.15, -0.1) is 0 Å². The van der Waals surface area contributed by atoms with Crippen LogP contribution in [-0.2, 0) is 7.05 Å². The number of benzene rings is 1. The summed E-state index contributed by atoms with van der Waals surface area (Å²) in [5.74, 6) is 1.15. The maximum atomic E-state index is 12.9. The molecule has 0 saturated heterocycles. The van der Waals surface area contributed by atoms with E-state index in [1.54, 1.807) is 16.7 Å². The second kappa shape index (κ2) is 5.84. The first-order valence-electron chi connectivity index (χ1n) is 6.50. The Morgan fingerprint density at radius 3 is 2.64 bits per heavy atom. The number of hydrogen-bond donors (Lipinski definition) is 0. The predicted molar refractivity (Wildman–Crippen MR) is 84.1 cm³/mol. The number of hydrogen-bond acceptors (Lipinski definition) is 4. The lowest BCUT2D eigenvalue weighted by Crippen LogP contribution is -1.93. The van der Waals surface area contributed by atoms with Gasteiger partial charge in [-0.3, -0.25) is 0 Å². The minimum absolute atomic E-state index is 0.268. The molecule has 1 aromatic carbocycles. The summed E-state index contributed by atoms with van der Waals surface area (Å²) in [6.45, 7) is 1.86. The Bertz CT molecular complexity index is 836. The third kappa shape index (κ3) is 2.99. The van der Waals surface area contributed by atoms with Crippen LogP contribution in [0.1, 0.15) is 18.4 Å². The van der Waals surface area contributed by atoms with Gasteiger partial charge in [-0.2, -0.15) is 4.98 Å². The van der Waals surface area contributed by atoms with Gasteiger partial charge < -0.3 is 9.09 Å². The quantitative estimate of drug-likeness (QED) is 0.708. The first-order chi connectivity index (χ1) is 10.5. The first kappa shape index (κ1) is 14.6. The molecule has 0 bridgehead atoms. The van der Waals surface area contributed by atoms with E-state index in [0.717, 1.165) is 11.1 Å². The molecule has 0 radical (unpaired) electrons. The van der Waals surface area contributed by atoms with Crippen molar-refractivity contribution in [2.75, 3.05) is 0 Å². The standard InChI is InChI=1S/C15H12BrFN4O/c1-9(7-10-3-5-11(17)6-4-10)15-19-13(20-22-15)14-18-12(16)8-21(14)2/h3-8H,1-2H3/b9-7-. The zero-order chi connectivity index (χ0) is 15.7. The van der Waals surface area contributed by atoms with Gasteiger partial charge in [0.05, 0.1) is 0 Å². The van der Waals surface area contributed by atoms with Gasteiger partial charge in [0.2, 0.25) is 5.82 Å². The van der Waals surface area contributed by atoms with Crippen LogP contribution in [0.25, 0.3) is 23.3 Å². The summed E-state index contributed by atoms with van der Waals surface area (Å²) in [7, 11) is 1.85. The number of aromatic nitrogens is 4. The Hall–Kier alpha value is -2.28. The fraction of sp³-hybridized carbons (Fsp3) is 0.133. The van der Waals surface area contributed by atoms with E-state index in [0.29, 0.717) is 22.1 Å². The molecule has 2 heterocycles. The fourth-order valence-corrected chi connectivity index (χ4v) is 2.46. The summed E-state index contributed by atoms with van der Waals surface area (Å²) in [5.41, 5.74) is 1.65. The van der Waals surface area contributed by atoms with E-state index in [2.05, 4.69) is 31.1 Å². The van der Waals surface area contributed by atoms with Crippen molar-refractivity contribution in [1.82, 2.24) is 19.7 Å². The Balaban J connectivity index is 1.90. The van der Waals surface area contributed by atoms with Crippen molar-refractivity contribution in [3.8, 4) is 11.6 Å². The SMILES string of the molecule is C/C(=C/c1ccc(F)cc1)c1nc(-c2nc(Br)cn2C)no1. The third-order valence-corrected chi connectivity index (χ3v) is 3.45. The number of rotatable bonds is 3. The van der Waals surface area contributed by atoms with Crippen molar-refractivity contribution < 1.29 is 8.91 Å². The average molecular weight is 363 g/mol. The highest BCUT2D eigenvalue weighted by atomic mass is 79.9. The fourth-order valence-electron chi connectivity index (χ4n) is 1.98. The van der Waals surface area contributed by atoms with E-state index >= 15 is 0 Å². The number of aryl methyl sites for hydroxylation is 1. The molecular formula is C15H12BrFN4O. The van der Waals surface area contributed by atoms with Crippen molar-refractivity contribution >= 4 is 27.6 Å². The van der Waals surface area contributed by atoms with Crippen molar-refractivity contribution in [3.05, 3.63) is 52.3 Å². The molecule has 22 heavy (non-hydrogen) atoms. The van der Waals surface area contributed by atoms with Gasteiger partial charge in [0, 0.05) is 18.8 Å². The molecule has 0 fully saturated rings. The molecule has 0 atom stereocenters. The molecule has 112 valence electrons. The highest BCUT2D eigenvalue weighted by Gasteiger charge is 2.15. The van der Waals surface area contributed by atoms with Gasteiger partial charge in [0.25, 0.3) is 5.89 Å². The number of imidazole rings is 1. The van der Waals surface area contributed by atoms with E-state index in [9.17, 15) is 4.39 Å². The van der Waals surface area contributed by atoms with E-state index in [-0.39, 0.29) is 5.82 Å². The van der Waals surface area contributed by atoms with Crippen molar-refractivity contribution in [2.45, 2.75) is 6.92 Å². The van der Waals surface area contributed by atoms with Gasteiger partial charge in [0.15, 0.2) is 5.82 Å². The maximum Gasteiger partial charge on any atom is 0.253 e. The minimum Gasteiger partial charge on any atom is -0.334 e. The Morgan fingerprint density at radius 1 is 1.27 bits per heavy atom. The lowest BCUT2D eigenvalue weighted by molar-refractivity contribution is 0.408. The summed E-state index contributed by atoms with van der Waals surface area (Å²) in [6.07, 6.45) is 3.66.